The minimum atomic E-state index is -3.71. The summed E-state index contributed by atoms with van der Waals surface area (Å²) in [7, 11) is -2.26. The van der Waals surface area contributed by atoms with Crippen LogP contribution < -0.4 is 23.7 Å². The van der Waals surface area contributed by atoms with Gasteiger partial charge in [0.15, 0.2) is 11.5 Å². The summed E-state index contributed by atoms with van der Waals surface area (Å²) in [6.07, 6.45) is 0. The number of methoxy groups -OCH3 is 1. The summed E-state index contributed by atoms with van der Waals surface area (Å²) in [5, 5.41) is 0. The van der Waals surface area contributed by atoms with Crippen LogP contribution in [-0.2, 0) is 10.0 Å². The Morgan fingerprint density at radius 3 is 2.58 bits per heavy atom. The summed E-state index contributed by atoms with van der Waals surface area (Å²) in [6.45, 7) is 4.24. The molecule has 1 heterocycles. The molecule has 1 aliphatic heterocycles. The van der Waals surface area contributed by atoms with E-state index >= 15 is 0 Å². The number of nitrogens with one attached hydrogen (secondary N) is 1. The summed E-state index contributed by atoms with van der Waals surface area (Å²) in [4.78, 5) is 0.117. The lowest BCUT2D eigenvalue weighted by molar-refractivity contribution is 0.173. The van der Waals surface area contributed by atoms with Gasteiger partial charge in [-0.05, 0) is 49.2 Å². The van der Waals surface area contributed by atoms with Crippen molar-refractivity contribution in [3.8, 4) is 23.0 Å². The number of rotatable bonds is 7. The number of hydrogen-bond donors (Lipinski definition) is 1. The number of benzene rings is 2. The third-order valence-corrected chi connectivity index (χ3v) is 5.56. The average molecular weight is 379 g/mol. The van der Waals surface area contributed by atoms with E-state index in [4.69, 9.17) is 18.9 Å². The molecular formula is C18H21NO6S. The average Bonchev–Trinajstić information content (AvgIpc) is 3.08. The smallest absolute Gasteiger partial charge is 0.244 e. The van der Waals surface area contributed by atoms with Gasteiger partial charge in [-0.15, -0.1) is 0 Å². The van der Waals surface area contributed by atoms with E-state index in [1.165, 1.54) is 7.11 Å². The molecule has 1 N–H and O–H groups in total. The third-order valence-electron chi connectivity index (χ3n) is 4.08. The normalized spacial score (nSPS) is 12.9. The van der Waals surface area contributed by atoms with Crippen molar-refractivity contribution < 1.29 is 27.4 Å². The van der Waals surface area contributed by atoms with Crippen LogP contribution in [0.5, 0.6) is 23.0 Å². The second kappa shape index (κ2) is 7.43. The summed E-state index contributed by atoms with van der Waals surface area (Å²) in [5.74, 6) is 2.18. The van der Waals surface area contributed by atoms with Gasteiger partial charge in [-0.25, -0.2) is 13.1 Å². The van der Waals surface area contributed by atoms with Crippen LogP contribution >= 0.6 is 0 Å². The highest BCUT2D eigenvalue weighted by molar-refractivity contribution is 7.89. The fraction of sp³-hybridized carbons (Fsp3) is 0.333. The number of aryl methyl sites for hydroxylation is 2. The van der Waals surface area contributed by atoms with Gasteiger partial charge in [-0.3, -0.25) is 0 Å². The molecule has 140 valence electrons. The minimum Gasteiger partial charge on any atom is -0.495 e. The van der Waals surface area contributed by atoms with Gasteiger partial charge in [0, 0.05) is 12.6 Å². The van der Waals surface area contributed by atoms with Gasteiger partial charge < -0.3 is 18.9 Å². The maximum absolute atomic E-state index is 12.6. The third kappa shape index (κ3) is 3.86. The predicted molar refractivity (Wildman–Crippen MR) is 95.7 cm³/mol. The van der Waals surface area contributed by atoms with E-state index in [0.29, 0.717) is 23.0 Å². The molecule has 7 nitrogen and oxygen atoms in total. The molecule has 8 heteroatoms. The van der Waals surface area contributed by atoms with Crippen molar-refractivity contribution in [3.63, 3.8) is 0 Å². The molecule has 0 radical (unpaired) electrons. The quantitative estimate of drug-likeness (QED) is 0.744. The fourth-order valence-electron chi connectivity index (χ4n) is 2.52. The van der Waals surface area contributed by atoms with Crippen LogP contribution in [0.15, 0.2) is 35.2 Å². The van der Waals surface area contributed by atoms with Crippen LogP contribution in [0.25, 0.3) is 0 Å². The van der Waals surface area contributed by atoms with Crippen LogP contribution in [-0.4, -0.2) is 35.5 Å². The molecule has 2 aromatic carbocycles. The molecule has 1 aliphatic rings. The lowest BCUT2D eigenvalue weighted by Crippen LogP contribution is -2.28. The molecule has 0 aliphatic carbocycles. The molecule has 2 aromatic rings. The van der Waals surface area contributed by atoms with Crippen molar-refractivity contribution in [1.82, 2.24) is 4.72 Å². The van der Waals surface area contributed by atoms with Gasteiger partial charge in [0.1, 0.15) is 23.0 Å². The molecule has 26 heavy (non-hydrogen) atoms. The Morgan fingerprint density at radius 1 is 1.08 bits per heavy atom. The molecule has 3 rings (SSSR count). The van der Waals surface area contributed by atoms with Gasteiger partial charge in [-0.1, -0.05) is 0 Å². The lowest BCUT2D eigenvalue weighted by atomic mass is 10.1. The first kappa shape index (κ1) is 18.3. The van der Waals surface area contributed by atoms with E-state index in [1.54, 1.807) is 30.3 Å². The first-order chi connectivity index (χ1) is 12.4. The largest absolute Gasteiger partial charge is 0.495 e. The van der Waals surface area contributed by atoms with Gasteiger partial charge in [0.2, 0.25) is 16.8 Å². The second-order valence-electron chi connectivity index (χ2n) is 5.85. The molecule has 0 atom stereocenters. The monoisotopic (exact) mass is 379 g/mol. The number of hydrogen-bond acceptors (Lipinski definition) is 6. The van der Waals surface area contributed by atoms with E-state index in [-0.39, 0.29) is 24.8 Å². The minimum absolute atomic E-state index is 0.117. The summed E-state index contributed by atoms with van der Waals surface area (Å²) < 4.78 is 48.9. The zero-order valence-corrected chi connectivity index (χ0v) is 15.7. The summed E-state index contributed by atoms with van der Waals surface area (Å²) in [6, 6.07) is 8.53. The summed E-state index contributed by atoms with van der Waals surface area (Å²) >= 11 is 0. The number of ether oxygens (including phenoxy) is 4. The predicted octanol–water partition coefficient (Wildman–Crippen LogP) is 2.40. The highest BCUT2D eigenvalue weighted by atomic mass is 32.2. The van der Waals surface area contributed by atoms with Crippen molar-refractivity contribution in [1.29, 1.82) is 0 Å². The Bertz CT molecular complexity index is 910. The molecule has 0 unspecified atom stereocenters. The first-order valence-electron chi connectivity index (χ1n) is 8.08. The van der Waals surface area contributed by atoms with Crippen molar-refractivity contribution in [2.45, 2.75) is 18.7 Å². The fourth-order valence-corrected chi connectivity index (χ4v) is 3.77. The molecule has 0 spiro atoms. The molecule has 0 amide bonds. The van der Waals surface area contributed by atoms with Crippen molar-refractivity contribution >= 4 is 10.0 Å². The van der Waals surface area contributed by atoms with E-state index < -0.39 is 10.0 Å². The Kier molecular flexibility index (Phi) is 5.24. The van der Waals surface area contributed by atoms with Gasteiger partial charge in [0.25, 0.3) is 0 Å². The maximum Gasteiger partial charge on any atom is 0.244 e. The lowest BCUT2D eigenvalue weighted by Gasteiger charge is -2.13. The zero-order valence-electron chi connectivity index (χ0n) is 14.9. The molecule has 0 saturated carbocycles. The molecule has 0 aromatic heterocycles. The molecule has 0 bridgehead atoms. The molecule has 0 fully saturated rings. The van der Waals surface area contributed by atoms with Crippen LogP contribution in [0.2, 0.25) is 0 Å². The van der Waals surface area contributed by atoms with Crippen LogP contribution in [0.3, 0.4) is 0 Å². The Balaban J connectivity index is 1.61. The SMILES string of the molecule is COc1cc(C)c(C)cc1S(=O)(=O)NCCOc1ccc2c(c1)OCO2. The second-order valence-corrected chi connectivity index (χ2v) is 7.58. The molecular weight excluding hydrogens is 358 g/mol. The van der Waals surface area contributed by atoms with Crippen molar-refractivity contribution in [3.05, 3.63) is 41.5 Å². The maximum atomic E-state index is 12.6. The van der Waals surface area contributed by atoms with E-state index in [9.17, 15) is 8.42 Å². The Morgan fingerprint density at radius 2 is 1.81 bits per heavy atom. The van der Waals surface area contributed by atoms with Gasteiger partial charge in [-0.2, -0.15) is 0 Å². The van der Waals surface area contributed by atoms with E-state index in [1.807, 2.05) is 13.8 Å². The standard InChI is InChI=1S/C18H21NO6S/c1-12-8-17(22-3)18(9-13(12)2)26(20,21)19-6-7-23-14-4-5-15-16(10-14)25-11-24-15/h4-5,8-10,19H,6-7,11H2,1-3H3. The highest BCUT2D eigenvalue weighted by Gasteiger charge is 2.20. The highest BCUT2D eigenvalue weighted by Crippen LogP contribution is 2.35. The van der Waals surface area contributed by atoms with Crippen LogP contribution in [0.4, 0.5) is 0 Å². The number of sulfonamides is 1. The molecule has 0 saturated heterocycles. The van der Waals surface area contributed by atoms with Crippen molar-refractivity contribution in [2.24, 2.45) is 0 Å². The Labute approximate surface area is 152 Å². The van der Waals surface area contributed by atoms with Crippen LogP contribution in [0.1, 0.15) is 11.1 Å². The summed E-state index contributed by atoms with van der Waals surface area (Å²) in [5.41, 5.74) is 1.84. The van der Waals surface area contributed by atoms with E-state index in [2.05, 4.69) is 4.72 Å². The Hall–Kier alpha value is -2.45. The van der Waals surface area contributed by atoms with Gasteiger partial charge >= 0.3 is 0 Å². The van der Waals surface area contributed by atoms with E-state index in [0.717, 1.165) is 11.1 Å². The number of fused-ring (bicyclic) bond motifs is 1. The van der Waals surface area contributed by atoms with Crippen LogP contribution in [0, 0.1) is 13.8 Å². The zero-order chi connectivity index (χ0) is 18.7. The first-order valence-corrected chi connectivity index (χ1v) is 9.56. The topological polar surface area (TPSA) is 83.1 Å². The van der Waals surface area contributed by atoms with Crippen molar-refractivity contribution in [2.75, 3.05) is 27.1 Å². The van der Waals surface area contributed by atoms with Gasteiger partial charge in [0.05, 0.1) is 7.11 Å².